The van der Waals surface area contributed by atoms with Crippen LogP contribution in [-0.2, 0) is 13.1 Å². The Balaban J connectivity index is 2.16. The van der Waals surface area contributed by atoms with Gasteiger partial charge in [0.05, 0.1) is 5.69 Å². The van der Waals surface area contributed by atoms with E-state index in [1.165, 1.54) is 0 Å². The Bertz CT molecular complexity index is 600. The van der Waals surface area contributed by atoms with Gasteiger partial charge in [0.15, 0.2) is 5.84 Å². The lowest BCUT2D eigenvalue weighted by molar-refractivity contribution is 0.267. The van der Waals surface area contributed by atoms with E-state index in [0.29, 0.717) is 12.2 Å². The molecule has 0 aliphatic carbocycles. The van der Waals surface area contributed by atoms with Crippen LogP contribution in [0.3, 0.4) is 0 Å². The molecule has 2 rings (SSSR count). The maximum Gasteiger partial charge on any atom is 0.189 e. The lowest BCUT2D eigenvalue weighted by Gasteiger charge is -2.21. The van der Waals surface area contributed by atoms with Crippen LogP contribution in [0.2, 0.25) is 0 Å². The van der Waals surface area contributed by atoms with Crippen LogP contribution in [0.15, 0.2) is 47.9 Å². The maximum atomic E-state index is 8.84. The van der Waals surface area contributed by atoms with Crippen molar-refractivity contribution < 1.29 is 5.21 Å². The van der Waals surface area contributed by atoms with E-state index in [2.05, 4.69) is 26.9 Å². The van der Waals surface area contributed by atoms with Crippen LogP contribution in [-0.4, -0.2) is 32.5 Å². The summed E-state index contributed by atoms with van der Waals surface area (Å²) in [6, 6.07) is 9.65. The molecule has 2 aromatic rings. The molecule has 21 heavy (non-hydrogen) atoms. The Hall–Kier alpha value is -2.47. The van der Waals surface area contributed by atoms with Crippen molar-refractivity contribution >= 4 is 5.84 Å². The number of aromatic nitrogens is 2. The smallest absolute Gasteiger partial charge is 0.189 e. The molecular weight excluding hydrogens is 266 g/mol. The summed E-state index contributed by atoms with van der Waals surface area (Å²) in [4.78, 5) is 10.7. The highest BCUT2D eigenvalue weighted by molar-refractivity contribution is 5.96. The van der Waals surface area contributed by atoms with E-state index in [0.717, 1.165) is 24.3 Å². The molecule has 3 N–H and O–H groups in total. The van der Waals surface area contributed by atoms with Gasteiger partial charge in [-0.15, -0.1) is 0 Å². The van der Waals surface area contributed by atoms with Crippen LogP contribution in [0.25, 0.3) is 0 Å². The number of pyridine rings is 2. The fourth-order valence-corrected chi connectivity index (χ4v) is 2.09. The molecule has 0 saturated heterocycles. The third kappa shape index (κ3) is 4.00. The van der Waals surface area contributed by atoms with Crippen molar-refractivity contribution in [3.63, 3.8) is 0 Å². The topological polar surface area (TPSA) is 87.6 Å². The third-order valence-electron chi connectivity index (χ3n) is 3.19. The molecule has 0 atom stereocenters. The quantitative estimate of drug-likeness (QED) is 0.364. The maximum absolute atomic E-state index is 8.84. The van der Waals surface area contributed by atoms with Crippen molar-refractivity contribution in [3.8, 4) is 0 Å². The van der Waals surface area contributed by atoms with Gasteiger partial charge in [-0.2, -0.15) is 0 Å². The van der Waals surface area contributed by atoms with Gasteiger partial charge in [0, 0.05) is 25.5 Å². The normalized spacial score (nSPS) is 11.8. The largest absolute Gasteiger partial charge is 0.409 e. The van der Waals surface area contributed by atoms with Crippen LogP contribution >= 0.6 is 0 Å². The van der Waals surface area contributed by atoms with Crippen molar-refractivity contribution in [2.45, 2.75) is 20.0 Å². The molecule has 2 heterocycles. The number of nitrogens with zero attached hydrogens (tertiary/aromatic N) is 4. The van der Waals surface area contributed by atoms with E-state index >= 15 is 0 Å². The zero-order valence-corrected chi connectivity index (χ0v) is 12.0. The predicted molar refractivity (Wildman–Crippen MR) is 80.8 cm³/mol. The van der Waals surface area contributed by atoms with Crippen LogP contribution < -0.4 is 5.73 Å². The van der Waals surface area contributed by atoms with Crippen molar-refractivity contribution in [1.29, 1.82) is 0 Å². The van der Waals surface area contributed by atoms with Gasteiger partial charge >= 0.3 is 0 Å². The molecule has 0 unspecified atom stereocenters. The van der Waals surface area contributed by atoms with Crippen LogP contribution in [0.5, 0.6) is 0 Å². The Morgan fingerprint density at radius 2 is 2.00 bits per heavy atom. The molecule has 0 bridgehead atoms. The van der Waals surface area contributed by atoms with E-state index in [4.69, 9.17) is 10.9 Å². The number of amidine groups is 1. The third-order valence-corrected chi connectivity index (χ3v) is 3.19. The predicted octanol–water partition coefficient (Wildman–Crippen LogP) is 1.59. The summed E-state index contributed by atoms with van der Waals surface area (Å²) < 4.78 is 0. The Morgan fingerprint density at radius 3 is 2.67 bits per heavy atom. The van der Waals surface area contributed by atoms with Gasteiger partial charge < -0.3 is 10.9 Å². The van der Waals surface area contributed by atoms with Crippen molar-refractivity contribution in [3.05, 3.63) is 59.7 Å². The molecule has 6 nitrogen and oxygen atoms in total. The second kappa shape index (κ2) is 7.35. The zero-order valence-electron chi connectivity index (χ0n) is 12.0. The molecule has 0 aliphatic heterocycles. The van der Waals surface area contributed by atoms with Crippen molar-refractivity contribution in [2.75, 3.05) is 6.54 Å². The molecule has 6 heteroatoms. The Labute approximate surface area is 123 Å². The van der Waals surface area contributed by atoms with Gasteiger partial charge in [-0.3, -0.25) is 14.9 Å². The number of rotatable bonds is 6. The first-order chi connectivity index (χ1) is 10.2. The Morgan fingerprint density at radius 1 is 1.19 bits per heavy atom. The van der Waals surface area contributed by atoms with Gasteiger partial charge in [0.1, 0.15) is 5.69 Å². The fraction of sp³-hybridized carbons (Fsp3) is 0.267. The average Bonchev–Trinajstić information content (AvgIpc) is 2.55. The summed E-state index contributed by atoms with van der Waals surface area (Å²) in [6.45, 7) is 4.35. The van der Waals surface area contributed by atoms with Gasteiger partial charge in [0.2, 0.25) is 0 Å². The number of nitrogens with two attached hydrogens (primary N) is 1. The zero-order chi connectivity index (χ0) is 15.1. The van der Waals surface area contributed by atoms with Crippen molar-refractivity contribution in [1.82, 2.24) is 14.9 Å². The Kier molecular flexibility index (Phi) is 5.22. The van der Waals surface area contributed by atoms with E-state index in [1.54, 1.807) is 12.4 Å². The van der Waals surface area contributed by atoms with Gasteiger partial charge in [-0.25, -0.2) is 0 Å². The average molecular weight is 285 g/mol. The molecule has 0 aliphatic rings. The van der Waals surface area contributed by atoms with E-state index in [-0.39, 0.29) is 5.84 Å². The first-order valence-electron chi connectivity index (χ1n) is 6.78. The summed E-state index contributed by atoms with van der Waals surface area (Å²) in [5.41, 5.74) is 8.11. The second-order valence-corrected chi connectivity index (χ2v) is 4.62. The first-order valence-corrected chi connectivity index (χ1v) is 6.78. The number of hydrogen-bond donors (Lipinski definition) is 2. The van der Waals surface area contributed by atoms with Gasteiger partial charge in [-0.05, 0) is 30.3 Å². The van der Waals surface area contributed by atoms with Crippen molar-refractivity contribution in [2.24, 2.45) is 10.9 Å². The first kappa shape index (κ1) is 14.9. The monoisotopic (exact) mass is 285 g/mol. The molecule has 0 aromatic carbocycles. The SMILES string of the molecule is CCN(Cc1ccccn1)Cc1cccnc1/C(N)=N/O. The summed E-state index contributed by atoms with van der Waals surface area (Å²) in [7, 11) is 0. The minimum Gasteiger partial charge on any atom is -0.409 e. The molecule has 2 aromatic heterocycles. The molecule has 0 saturated carbocycles. The van der Waals surface area contributed by atoms with E-state index in [9.17, 15) is 0 Å². The minimum atomic E-state index is 0.0273. The second-order valence-electron chi connectivity index (χ2n) is 4.62. The summed E-state index contributed by atoms with van der Waals surface area (Å²) in [5, 5.41) is 11.9. The molecule has 0 radical (unpaired) electrons. The highest BCUT2D eigenvalue weighted by Crippen LogP contribution is 2.11. The summed E-state index contributed by atoms with van der Waals surface area (Å²) >= 11 is 0. The molecule has 0 fully saturated rings. The highest BCUT2D eigenvalue weighted by Gasteiger charge is 2.12. The molecular formula is C15H19N5O. The minimum absolute atomic E-state index is 0.0273. The lowest BCUT2D eigenvalue weighted by Crippen LogP contribution is -2.26. The van der Waals surface area contributed by atoms with Crippen LogP contribution in [0.1, 0.15) is 23.9 Å². The van der Waals surface area contributed by atoms with Crippen LogP contribution in [0, 0.1) is 0 Å². The van der Waals surface area contributed by atoms with E-state index < -0.39 is 0 Å². The standard InChI is InChI=1S/C15H19N5O/c1-2-20(11-13-7-3-4-8-17-13)10-12-6-5-9-18-14(12)15(16)19-21/h3-9,21H,2,10-11H2,1H3,(H2,16,19). The van der Waals surface area contributed by atoms with Gasteiger partial charge in [0.25, 0.3) is 0 Å². The summed E-state index contributed by atoms with van der Waals surface area (Å²) in [6.07, 6.45) is 3.42. The van der Waals surface area contributed by atoms with E-state index in [1.807, 2.05) is 30.3 Å². The molecule has 110 valence electrons. The lowest BCUT2D eigenvalue weighted by atomic mass is 10.1. The molecule has 0 spiro atoms. The fourth-order valence-electron chi connectivity index (χ4n) is 2.09. The summed E-state index contributed by atoms with van der Waals surface area (Å²) in [5.74, 6) is 0.0273. The van der Waals surface area contributed by atoms with Gasteiger partial charge in [-0.1, -0.05) is 24.2 Å². The molecule has 0 amide bonds. The highest BCUT2D eigenvalue weighted by atomic mass is 16.4. The van der Waals surface area contributed by atoms with Crippen LogP contribution in [0.4, 0.5) is 0 Å². The number of hydrogen-bond acceptors (Lipinski definition) is 5. The number of oxime groups is 1.